The molecule has 1 fully saturated rings. The second-order valence-corrected chi connectivity index (χ2v) is 4.91. The van der Waals surface area contributed by atoms with Gasteiger partial charge in [0.1, 0.15) is 17.5 Å². The van der Waals surface area contributed by atoms with Crippen LogP contribution in [0.5, 0.6) is 0 Å². The highest BCUT2D eigenvalue weighted by Gasteiger charge is 2.15. The van der Waals surface area contributed by atoms with Gasteiger partial charge in [0.05, 0.1) is 0 Å². The lowest BCUT2D eigenvalue weighted by atomic mass is 10.2. The standard InChI is InChI=1S/C12H20N4S/c1-9-14-11(13-6-7-17)8-12(15-9)16-10-4-2-3-5-10/h8,10,17H,2-7H2,1H3,(H2,13,14,15,16). The zero-order chi connectivity index (χ0) is 12.1. The number of hydrogen-bond donors (Lipinski definition) is 3. The smallest absolute Gasteiger partial charge is 0.132 e. The summed E-state index contributed by atoms with van der Waals surface area (Å²) < 4.78 is 0. The minimum Gasteiger partial charge on any atom is -0.369 e. The molecule has 0 aliphatic heterocycles. The van der Waals surface area contributed by atoms with Gasteiger partial charge in [-0.15, -0.1) is 0 Å². The maximum absolute atomic E-state index is 4.42. The Labute approximate surface area is 108 Å². The number of aryl methyl sites for hydroxylation is 1. The molecule has 0 unspecified atom stereocenters. The first-order chi connectivity index (χ1) is 8.28. The summed E-state index contributed by atoms with van der Waals surface area (Å²) in [4.78, 5) is 8.77. The van der Waals surface area contributed by atoms with Crippen molar-refractivity contribution in [1.29, 1.82) is 0 Å². The average Bonchev–Trinajstić information content (AvgIpc) is 2.78. The fourth-order valence-corrected chi connectivity index (χ4v) is 2.31. The van der Waals surface area contributed by atoms with Crippen LogP contribution in [0.2, 0.25) is 0 Å². The lowest BCUT2D eigenvalue weighted by Crippen LogP contribution is -2.16. The predicted molar refractivity (Wildman–Crippen MR) is 75.0 cm³/mol. The third kappa shape index (κ3) is 3.77. The van der Waals surface area contributed by atoms with Crippen LogP contribution in [0.4, 0.5) is 11.6 Å². The monoisotopic (exact) mass is 252 g/mol. The van der Waals surface area contributed by atoms with Gasteiger partial charge in [-0.25, -0.2) is 9.97 Å². The molecule has 4 nitrogen and oxygen atoms in total. The van der Waals surface area contributed by atoms with E-state index in [1.807, 2.05) is 13.0 Å². The Morgan fingerprint density at radius 1 is 1.29 bits per heavy atom. The zero-order valence-corrected chi connectivity index (χ0v) is 11.1. The number of nitrogens with zero attached hydrogens (tertiary/aromatic N) is 2. The van der Waals surface area contributed by atoms with E-state index in [1.54, 1.807) is 0 Å². The molecule has 0 spiro atoms. The van der Waals surface area contributed by atoms with Crippen molar-refractivity contribution >= 4 is 24.3 Å². The molecule has 1 aliphatic carbocycles. The van der Waals surface area contributed by atoms with E-state index in [2.05, 4.69) is 33.2 Å². The fraction of sp³-hybridized carbons (Fsp3) is 0.667. The first-order valence-corrected chi connectivity index (χ1v) is 6.88. The van der Waals surface area contributed by atoms with Gasteiger partial charge in [0, 0.05) is 24.4 Å². The Balaban J connectivity index is 2.02. The summed E-state index contributed by atoms with van der Waals surface area (Å²) in [6, 6.07) is 2.57. The first kappa shape index (κ1) is 12.5. The van der Waals surface area contributed by atoms with Crippen molar-refractivity contribution in [2.75, 3.05) is 22.9 Å². The Bertz CT molecular complexity index is 364. The van der Waals surface area contributed by atoms with Gasteiger partial charge in [0.25, 0.3) is 0 Å². The number of aromatic nitrogens is 2. The molecular weight excluding hydrogens is 232 g/mol. The van der Waals surface area contributed by atoms with E-state index in [-0.39, 0.29) is 0 Å². The molecule has 0 atom stereocenters. The topological polar surface area (TPSA) is 49.8 Å². The van der Waals surface area contributed by atoms with Crippen LogP contribution in [0.1, 0.15) is 31.5 Å². The van der Waals surface area contributed by atoms with Crippen LogP contribution in [-0.4, -0.2) is 28.3 Å². The third-order valence-corrected chi connectivity index (χ3v) is 3.19. The molecule has 0 bridgehead atoms. The van der Waals surface area contributed by atoms with Crippen LogP contribution in [0.25, 0.3) is 0 Å². The third-order valence-electron chi connectivity index (χ3n) is 2.96. The van der Waals surface area contributed by atoms with Gasteiger partial charge < -0.3 is 10.6 Å². The van der Waals surface area contributed by atoms with Crippen LogP contribution in [-0.2, 0) is 0 Å². The summed E-state index contributed by atoms with van der Waals surface area (Å²) in [5.74, 6) is 3.42. The van der Waals surface area contributed by atoms with E-state index < -0.39 is 0 Å². The van der Waals surface area contributed by atoms with Gasteiger partial charge in [0.2, 0.25) is 0 Å². The van der Waals surface area contributed by atoms with Crippen LogP contribution in [0.15, 0.2) is 6.07 Å². The van der Waals surface area contributed by atoms with Crippen LogP contribution >= 0.6 is 12.6 Å². The molecule has 1 heterocycles. The van der Waals surface area contributed by atoms with Crippen LogP contribution in [0, 0.1) is 6.92 Å². The van der Waals surface area contributed by atoms with Crippen molar-refractivity contribution in [3.05, 3.63) is 11.9 Å². The van der Waals surface area contributed by atoms with Crippen molar-refractivity contribution in [2.24, 2.45) is 0 Å². The second-order valence-electron chi connectivity index (χ2n) is 4.46. The summed E-state index contributed by atoms with van der Waals surface area (Å²) >= 11 is 4.18. The molecular formula is C12H20N4S. The van der Waals surface area contributed by atoms with Crippen molar-refractivity contribution in [3.8, 4) is 0 Å². The van der Waals surface area contributed by atoms with E-state index in [4.69, 9.17) is 0 Å². The molecule has 1 aromatic heterocycles. The molecule has 1 aromatic rings. The number of anilines is 2. The van der Waals surface area contributed by atoms with Crippen LogP contribution in [0.3, 0.4) is 0 Å². The van der Waals surface area contributed by atoms with Gasteiger partial charge >= 0.3 is 0 Å². The molecule has 94 valence electrons. The Morgan fingerprint density at radius 2 is 2.00 bits per heavy atom. The molecule has 0 saturated heterocycles. The first-order valence-electron chi connectivity index (χ1n) is 6.25. The van der Waals surface area contributed by atoms with E-state index in [1.165, 1.54) is 25.7 Å². The molecule has 1 saturated carbocycles. The molecule has 2 N–H and O–H groups in total. The number of thiol groups is 1. The van der Waals surface area contributed by atoms with Gasteiger partial charge in [0.15, 0.2) is 0 Å². The molecule has 1 aliphatic rings. The normalized spacial score (nSPS) is 16.1. The molecule has 17 heavy (non-hydrogen) atoms. The molecule has 0 amide bonds. The van der Waals surface area contributed by atoms with Gasteiger partial charge in [-0.3, -0.25) is 0 Å². The summed E-state index contributed by atoms with van der Waals surface area (Å²) in [6.07, 6.45) is 5.16. The summed E-state index contributed by atoms with van der Waals surface area (Å²) in [5, 5.41) is 6.72. The SMILES string of the molecule is Cc1nc(NCCS)cc(NC2CCCC2)n1. The predicted octanol–water partition coefficient (Wildman–Crippen LogP) is 2.48. The Kier molecular flexibility index (Phi) is 4.48. The molecule has 5 heteroatoms. The minimum absolute atomic E-state index is 0.585. The van der Waals surface area contributed by atoms with Crippen molar-refractivity contribution in [1.82, 2.24) is 9.97 Å². The largest absolute Gasteiger partial charge is 0.369 e. The van der Waals surface area contributed by atoms with Crippen molar-refractivity contribution in [2.45, 2.75) is 38.6 Å². The lowest BCUT2D eigenvalue weighted by Gasteiger charge is -2.14. The van der Waals surface area contributed by atoms with E-state index in [0.29, 0.717) is 6.04 Å². The van der Waals surface area contributed by atoms with E-state index >= 15 is 0 Å². The highest BCUT2D eigenvalue weighted by molar-refractivity contribution is 7.80. The molecule has 2 rings (SSSR count). The van der Waals surface area contributed by atoms with Crippen LogP contribution < -0.4 is 10.6 Å². The molecule has 0 aromatic carbocycles. The van der Waals surface area contributed by atoms with Crippen molar-refractivity contribution in [3.63, 3.8) is 0 Å². The van der Waals surface area contributed by atoms with E-state index in [9.17, 15) is 0 Å². The van der Waals surface area contributed by atoms with Gasteiger partial charge in [-0.05, 0) is 19.8 Å². The fourth-order valence-electron chi connectivity index (χ4n) is 2.20. The van der Waals surface area contributed by atoms with E-state index in [0.717, 1.165) is 29.8 Å². The Hall–Kier alpha value is -0.970. The highest BCUT2D eigenvalue weighted by Crippen LogP contribution is 2.22. The second kappa shape index (κ2) is 6.10. The minimum atomic E-state index is 0.585. The maximum atomic E-state index is 4.42. The summed E-state index contributed by atoms with van der Waals surface area (Å²) in [6.45, 7) is 2.74. The highest BCUT2D eigenvalue weighted by atomic mass is 32.1. The zero-order valence-electron chi connectivity index (χ0n) is 10.2. The summed E-state index contributed by atoms with van der Waals surface area (Å²) in [7, 11) is 0. The number of nitrogens with one attached hydrogen (secondary N) is 2. The number of hydrogen-bond acceptors (Lipinski definition) is 5. The lowest BCUT2D eigenvalue weighted by molar-refractivity contribution is 0.748. The maximum Gasteiger partial charge on any atom is 0.132 e. The molecule has 0 radical (unpaired) electrons. The average molecular weight is 252 g/mol. The number of rotatable bonds is 5. The summed E-state index contributed by atoms with van der Waals surface area (Å²) in [5.41, 5.74) is 0. The Morgan fingerprint density at radius 3 is 2.71 bits per heavy atom. The van der Waals surface area contributed by atoms with Gasteiger partial charge in [-0.2, -0.15) is 12.6 Å². The van der Waals surface area contributed by atoms with Crippen molar-refractivity contribution < 1.29 is 0 Å². The van der Waals surface area contributed by atoms with Gasteiger partial charge in [-0.1, -0.05) is 12.8 Å². The quantitative estimate of drug-likeness (QED) is 0.705.